The van der Waals surface area contributed by atoms with Crippen molar-refractivity contribution in [1.82, 2.24) is 4.98 Å². The van der Waals surface area contributed by atoms with Crippen molar-refractivity contribution in [3.05, 3.63) is 11.6 Å². The Bertz CT molecular complexity index is 203. The number of thiazole rings is 1. The summed E-state index contributed by atoms with van der Waals surface area (Å²) >= 11 is 1.67. The van der Waals surface area contributed by atoms with Gasteiger partial charge in [-0.25, -0.2) is 4.98 Å². The van der Waals surface area contributed by atoms with Crippen LogP contribution in [0, 0.1) is 0 Å². The summed E-state index contributed by atoms with van der Waals surface area (Å²) < 4.78 is 0. The molecule has 3 nitrogen and oxygen atoms in total. The molecular weight excluding hydrogens is 146 g/mol. The summed E-state index contributed by atoms with van der Waals surface area (Å²) in [4.78, 5) is 6.35. The van der Waals surface area contributed by atoms with E-state index in [1.807, 2.05) is 11.6 Å². The van der Waals surface area contributed by atoms with E-state index >= 15 is 0 Å². The Morgan fingerprint density at radius 2 is 2.50 bits per heavy atom. The number of nitrogens with two attached hydrogens (primary N) is 1. The Morgan fingerprint density at radius 3 is 3.00 bits per heavy atom. The van der Waals surface area contributed by atoms with E-state index in [2.05, 4.69) is 9.88 Å². The van der Waals surface area contributed by atoms with Crippen molar-refractivity contribution in [2.24, 2.45) is 5.73 Å². The molecule has 1 aromatic rings. The molecule has 10 heavy (non-hydrogen) atoms. The Balaban J connectivity index is 2.04. The summed E-state index contributed by atoms with van der Waals surface area (Å²) in [6.07, 6.45) is 1.82. The van der Waals surface area contributed by atoms with Crippen molar-refractivity contribution in [2.45, 2.75) is 6.04 Å². The van der Waals surface area contributed by atoms with Gasteiger partial charge in [0.25, 0.3) is 0 Å². The molecule has 4 heteroatoms. The highest BCUT2D eigenvalue weighted by atomic mass is 32.1. The summed E-state index contributed by atoms with van der Waals surface area (Å²) in [6.45, 7) is 1.93. The van der Waals surface area contributed by atoms with Gasteiger partial charge in [0.1, 0.15) is 0 Å². The molecule has 2 rings (SSSR count). The maximum Gasteiger partial charge on any atom is 0.185 e. The molecule has 1 aromatic heterocycles. The van der Waals surface area contributed by atoms with Crippen LogP contribution < -0.4 is 10.6 Å². The van der Waals surface area contributed by atoms with Crippen LogP contribution in [0.25, 0.3) is 0 Å². The van der Waals surface area contributed by atoms with Gasteiger partial charge in [0.2, 0.25) is 0 Å². The van der Waals surface area contributed by atoms with Gasteiger partial charge in [-0.15, -0.1) is 11.3 Å². The van der Waals surface area contributed by atoms with Gasteiger partial charge >= 0.3 is 0 Å². The van der Waals surface area contributed by atoms with E-state index in [1.165, 1.54) is 0 Å². The van der Waals surface area contributed by atoms with Crippen LogP contribution >= 0.6 is 11.3 Å². The summed E-state index contributed by atoms with van der Waals surface area (Å²) in [5.74, 6) is 0. The second-order valence-electron chi connectivity index (χ2n) is 2.48. The van der Waals surface area contributed by atoms with Crippen LogP contribution in [-0.4, -0.2) is 24.1 Å². The smallest absolute Gasteiger partial charge is 0.185 e. The van der Waals surface area contributed by atoms with Gasteiger partial charge in [-0.1, -0.05) is 0 Å². The lowest BCUT2D eigenvalue weighted by Crippen LogP contribution is -2.55. The lowest BCUT2D eigenvalue weighted by Gasteiger charge is -2.36. The van der Waals surface area contributed by atoms with Crippen molar-refractivity contribution in [3.63, 3.8) is 0 Å². The third-order valence-electron chi connectivity index (χ3n) is 1.60. The summed E-state index contributed by atoms with van der Waals surface area (Å²) in [5, 5.41) is 3.08. The lowest BCUT2D eigenvalue weighted by molar-refractivity contribution is 0.518. The first-order valence-electron chi connectivity index (χ1n) is 3.26. The molecule has 0 bridgehead atoms. The quantitative estimate of drug-likeness (QED) is 0.634. The number of nitrogens with zero attached hydrogens (tertiary/aromatic N) is 2. The van der Waals surface area contributed by atoms with Gasteiger partial charge in [0.05, 0.1) is 0 Å². The summed E-state index contributed by atoms with van der Waals surface area (Å²) in [5.41, 5.74) is 5.61. The van der Waals surface area contributed by atoms with E-state index in [4.69, 9.17) is 5.73 Å². The minimum atomic E-state index is 0.365. The zero-order valence-electron chi connectivity index (χ0n) is 5.53. The largest absolute Gasteiger partial charge is 0.345 e. The lowest BCUT2D eigenvalue weighted by atomic mass is 10.1. The van der Waals surface area contributed by atoms with E-state index < -0.39 is 0 Å². The number of hydrogen-bond acceptors (Lipinski definition) is 4. The highest BCUT2D eigenvalue weighted by Crippen LogP contribution is 2.21. The van der Waals surface area contributed by atoms with Crippen molar-refractivity contribution >= 4 is 16.5 Å². The van der Waals surface area contributed by atoms with Crippen molar-refractivity contribution in [3.8, 4) is 0 Å². The van der Waals surface area contributed by atoms with Gasteiger partial charge in [-0.3, -0.25) is 0 Å². The van der Waals surface area contributed by atoms with Crippen LogP contribution in [0.5, 0.6) is 0 Å². The highest BCUT2D eigenvalue weighted by Gasteiger charge is 2.24. The fourth-order valence-electron chi connectivity index (χ4n) is 1.04. The van der Waals surface area contributed by atoms with Gasteiger partial charge < -0.3 is 10.6 Å². The van der Waals surface area contributed by atoms with E-state index in [-0.39, 0.29) is 0 Å². The number of hydrogen-bond donors (Lipinski definition) is 1. The van der Waals surface area contributed by atoms with Crippen molar-refractivity contribution < 1.29 is 0 Å². The van der Waals surface area contributed by atoms with E-state index in [0.717, 1.165) is 18.2 Å². The molecule has 1 aliphatic heterocycles. The van der Waals surface area contributed by atoms with E-state index in [0.29, 0.717) is 6.04 Å². The molecule has 0 spiro atoms. The molecule has 0 unspecified atom stereocenters. The predicted octanol–water partition coefficient (Wildman–Crippen LogP) is 0.290. The molecule has 0 aromatic carbocycles. The van der Waals surface area contributed by atoms with Gasteiger partial charge in [0, 0.05) is 30.7 Å². The van der Waals surface area contributed by atoms with E-state index in [9.17, 15) is 0 Å². The monoisotopic (exact) mass is 155 g/mol. The molecule has 1 fully saturated rings. The van der Waals surface area contributed by atoms with Crippen LogP contribution in [0.2, 0.25) is 0 Å². The van der Waals surface area contributed by atoms with Crippen LogP contribution in [0.3, 0.4) is 0 Å². The standard InChI is InChI=1S/C6H9N3S/c7-5-3-9(4-5)6-8-1-2-10-6/h1-2,5H,3-4,7H2. The molecule has 0 saturated carbocycles. The second-order valence-corrected chi connectivity index (χ2v) is 3.35. The average molecular weight is 155 g/mol. The summed E-state index contributed by atoms with van der Waals surface area (Å²) in [7, 11) is 0. The zero-order valence-corrected chi connectivity index (χ0v) is 6.34. The SMILES string of the molecule is NC1CN(c2nccs2)C1. The van der Waals surface area contributed by atoms with Crippen LogP contribution in [0.1, 0.15) is 0 Å². The van der Waals surface area contributed by atoms with Crippen LogP contribution in [0.15, 0.2) is 11.6 Å². The number of anilines is 1. The Kier molecular flexibility index (Phi) is 1.35. The van der Waals surface area contributed by atoms with Crippen LogP contribution in [0.4, 0.5) is 5.13 Å². The topological polar surface area (TPSA) is 42.1 Å². The fraction of sp³-hybridized carbons (Fsp3) is 0.500. The summed E-state index contributed by atoms with van der Waals surface area (Å²) in [6, 6.07) is 0.365. The maximum atomic E-state index is 5.61. The molecule has 0 atom stereocenters. The molecule has 2 heterocycles. The number of aromatic nitrogens is 1. The predicted molar refractivity (Wildman–Crippen MR) is 42.3 cm³/mol. The molecule has 2 N–H and O–H groups in total. The Morgan fingerprint density at radius 1 is 1.70 bits per heavy atom. The minimum absolute atomic E-state index is 0.365. The second kappa shape index (κ2) is 2.21. The minimum Gasteiger partial charge on any atom is -0.345 e. The molecule has 0 amide bonds. The van der Waals surface area contributed by atoms with Gasteiger partial charge in [0.15, 0.2) is 5.13 Å². The molecule has 1 saturated heterocycles. The third-order valence-corrected chi connectivity index (χ3v) is 2.43. The first-order valence-corrected chi connectivity index (χ1v) is 4.14. The first kappa shape index (κ1) is 6.12. The zero-order chi connectivity index (χ0) is 6.97. The fourth-order valence-corrected chi connectivity index (χ4v) is 1.70. The molecule has 1 aliphatic rings. The molecular formula is C6H9N3S. The van der Waals surface area contributed by atoms with Crippen molar-refractivity contribution in [1.29, 1.82) is 0 Å². The Labute approximate surface area is 63.5 Å². The molecule has 54 valence electrons. The molecule has 0 radical (unpaired) electrons. The van der Waals surface area contributed by atoms with Crippen LogP contribution in [-0.2, 0) is 0 Å². The number of rotatable bonds is 1. The van der Waals surface area contributed by atoms with E-state index in [1.54, 1.807) is 11.3 Å². The maximum absolute atomic E-state index is 5.61. The average Bonchev–Trinajstić information content (AvgIpc) is 2.31. The van der Waals surface area contributed by atoms with Gasteiger partial charge in [-0.2, -0.15) is 0 Å². The van der Waals surface area contributed by atoms with Crippen molar-refractivity contribution in [2.75, 3.05) is 18.0 Å². The normalized spacial score (nSPS) is 19.1. The Hall–Kier alpha value is -0.610. The van der Waals surface area contributed by atoms with Gasteiger partial charge in [-0.05, 0) is 0 Å². The third kappa shape index (κ3) is 0.892. The molecule has 0 aliphatic carbocycles. The first-order chi connectivity index (χ1) is 4.86. The highest BCUT2D eigenvalue weighted by molar-refractivity contribution is 7.13.